The molecule has 0 aromatic carbocycles. The zero-order valence-electron chi connectivity index (χ0n) is 45.2. The molecule has 0 saturated carbocycles. The number of hydrogen-bond donors (Lipinski definition) is 11. The quantitative estimate of drug-likeness (QED) is 0.0268. The number of amides is 1. The van der Waals surface area contributed by atoms with Crippen LogP contribution in [0.2, 0.25) is 0 Å². The van der Waals surface area contributed by atoms with Gasteiger partial charge in [0.1, 0.15) is 61.0 Å². The van der Waals surface area contributed by atoms with Gasteiger partial charge in [-0.25, -0.2) is 0 Å². The van der Waals surface area contributed by atoms with Crippen molar-refractivity contribution in [2.75, 3.05) is 19.8 Å². The molecule has 0 spiro atoms. The van der Waals surface area contributed by atoms with Crippen molar-refractivity contribution in [3.63, 3.8) is 0 Å². The molecule has 16 heteroatoms. The standard InChI is InChI=1S/C56H109NO15/c1-3-5-7-9-11-13-15-17-18-19-20-21-22-23-24-26-28-30-32-34-36-38-44(61)54(68)57-42(47(62)43(60)37-35-33-31-29-27-25-16-14-12-10-8-6-4-2)41-69-56-53(51(66)49(64)46(40-59)71-56)72-55-52(67)50(65)48(63)45(39-58)70-55/h42-53,55-56,58-67H,3-41H2,1-2H3,(H,57,68)/t42-,43+,44+,45+,46+,47-,48+,49-,50-,51-,52+,53+,55+,56-/m0/s1. The van der Waals surface area contributed by atoms with Crippen molar-refractivity contribution in [3.8, 4) is 0 Å². The molecule has 0 bridgehead atoms. The lowest BCUT2D eigenvalue weighted by Crippen LogP contribution is -2.65. The average molecular weight is 1040 g/mol. The van der Waals surface area contributed by atoms with Gasteiger partial charge in [0.05, 0.1) is 32.0 Å². The normalized spacial score (nSPS) is 26.4. The maximum atomic E-state index is 13.4. The van der Waals surface area contributed by atoms with Gasteiger partial charge in [-0.15, -0.1) is 0 Å². The molecular formula is C56H109NO15. The molecule has 0 radical (unpaired) electrons. The highest BCUT2D eigenvalue weighted by molar-refractivity contribution is 5.80. The van der Waals surface area contributed by atoms with Gasteiger partial charge in [0.15, 0.2) is 12.6 Å². The number of nitrogens with one attached hydrogen (secondary N) is 1. The summed E-state index contributed by atoms with van der Waals surface area (Å²) in [6.45, 7) is 2.42. The van der Waals surface area contributed by atoms with Crippen LogP contribution in [0.15, 0.2) is 0 Å². The number of unbranched alkanes of at least 4 members (excludes halogenated alkanes) is 32. The summed E-state index contributed by atoms with van der Waals surface area (Å²) in [5.74, 6) is -0.772. The number of aliphatic hydroxyl groups excluding tert-OH is 10. The molecular weight excluding hydrogens is 927 g/mol. The SMILES string of the molecule is CCCCCCCCCCCCCCCCCCCCCCC[C@@H](O)C(=O)N[C@@H](CO[C@H]1O[C@H](CO)[C@H](O)[C@H](O)[C@H]1O[C@H]1O[C@H](CO)[C@@H](O)[C@H](O)[C@H]1O)[C@H](O)[C@H](O)CCCCCCCCCCCCCCC. The fraction of sp³-hybridized carbons (Fsp3) is 0.982. The number of carbonyl (C=O) groups is 1. The minimum Gasteiger partial charge on any atom is -0.394 e. The Morgan fingerprint density at radius 2 is 0.806 bits per heavy atom. The predicted octanol–water partition coefficient (Wildman–Crippen LogP) is 7.28. The molecule has 1 amide bonds. The van der Waals surface area contributed by atoms with Crippen molar-refractivity contribution in [2.24, 2.45) is 0 Å². The van der Waals surface area contributed by atoms with E-state index < -0.39 is 111 Å². The molecule has 0 aromatic heterocycles. The zero-order chi connectivity index (χ0) is 52.8. The Kier molecular flexibility index (Phi) is 40.0. The first-order valence-electron chi connectivity index (χ1n) is 29.5. The topological polar surface area (TPSA) is 268 Å². The number of rotatable bonds is 47. The van der Waals surface area contributed by atoms with E-state index in [0.717, 1.165) is 51.4 Å². The van der Waals surface area contributed by atoms with E-state index in [2.05, 4.69) is 19.2 Å². The highest BCUT2D eigenvalue weighted by Gasteiger charge is 2.51. The Morgan fingerprint density at radius 3 is 1.19 bits per heavy atom. The number of ether oxygens (including phenoxy) is 4. The van der Waals surface area contributed by atoms with Crippen molar-refractivity contribution in [3.05, 3.63) is 0 Å². The minimum absolute atomic E-state index is 0.194. The Balaban J connectivity index is 1.87. The Labute approximate surface area is 435 Å². The summed E-state index contributed by atoms with van der Waals surface area (Å²) >= 11 is 0. The third-order valence-electron chi connectivity index (χ3n) is 15.0. The smallest absolute Gasteiger partial charge is 0.249 e. The van der Waals surface area contributed by atoms with E-state index in [9.17, 15) is 55.9 Å². The van der Waals surface area contributed by atoms with Crippen molar-refractivity contribution in [2.45, 2.75) is 331 Å². The third-order valence-corrected chi connectivity index (χ3v) is 15.0. The molecule has 72 heavy (non-hydrogen) atoms. The van der Waals surface area contributed by atoms with Gasteiger partial charge in [-0.2, -0.15) is 0 Å². The fourth-order valence-electron chi connectivity index (χ4n) is 10.1. The van der Waals surface area contributed by atoms with Crippen LogP contribution in [0.4, 0.5) is 0 Å². The van der Waals surface area contributed by atoms with E-state index in [1.54, 1.807) is 0 Å². The maximum absolute atomic E-state index is 13.4. The van der Waals surface area contributed by atoms with Crippen molar-refractivity contribution < 1.29 is 74.8 Å². The first kappa shape index (κ1) is 67.0. The van der Waals surface area contributed by atoms with Crippen LogP contribution in [0.5, 0.6) is 0 Å². The number of aliphatic hydroxyl groups is 10. The molecule has 2 rings (SSSR count). The molecule has 2 fully saturated rings. The van der Waals surface area contributed by atoms with Crippen molar-refractivity contribution >= 4 is 5.91 Å². The summed E-state index contributed by atoms with van der Waals surface area (Å²) in [5.41, 5.74) is 0. The molecule has 2 saturated heterocycles. The maximum Gasteiger partial charge on any atom is 0.249 e. The summed E-state index contributed by atoms with van der Waals surface area (Å²) in [7, 11) is 0. The highest BCUT2D eigenvalue weighted by atomic mass is 16.8. The van der Waals surface area contributed by atoms with Crippen LogP contribution in [0.3, 0.4) is 0 Å². The molecule has 0 unspecified atom stereocenters. The second-order valence-corrected chi connectivity index (χ2v) is 21.4. The van der Waals surface area contributed by atoms with Gasteiger partial charge in [0.25, 0.3) is 0 Å². The second-order valence-electron chi connectivity index (χ2n) is 21.4. The second kappa shape index (κ2) is 43.0. The van der Waals surface area contributed by atoms with Gasteiger partial charge in [-0.1, -0.05) is 232 Å². The molecule has 11 N–H and O–H groups in total. The van der Waals surface area contributed by atoms with Gasteiger partial charge >= 0.3 is 0 Å². The summed E-state index contributed by atoms with van der Waals surface area (Å²) < 4.78 is 22.9. The monoisotopic (exact) mass is 1040 g/mol. The lowest BCUT2D eigenvalue weighted by Gasteiger charge is -2.46. The predicted molar refractivity (Wildman–Crippen MR) is 280 cm³/mol. The molecule has 2 heterocycles. The van der Waals surface area contributed by atoms with Crippen LogP contribution < -0.4 is 5.32 Å². The van der Waals surface area contributed by atoms with Gasteiger partial charge in [0, 0.05) is 0 Å². The third kappa shape index (κ3) is 28.3. The van der Waals surface area contributed by atoms with E-state index >= 15 is 0 Å². The highest BCUT2D eigenvalue weighted by Crippen LogP contribution is 2.30. The van der Waals surface area contributed by atoms with Gasteiger partial charge in [0.2, 0.25) is 5.91 Å². The summed E-state index contributed by atoms with van der Waals surface area (Å²) in [4.78, 5) is 13.4. The lowest BCUT2D eigenvalue weighted by molar-refractivity contribution is -0.368. The van der Waals surface area contributed by atoms with Gasteiger partial charge in [-0.05, 0) is 12.8 Å². The van der Waals surface area contributed by atoms with E-state index in [4.69, 9.17) is 18.9 Å². The number of carbonyl (C=O) groups excluding carboxylic acids is 1. The Bertz CT molecular complexity index is 1250. The molecule has 16 nitrogen and oxygen atoms in total. The summed E-state index contributed by atoms with van der Waals surface area (Å²) in [6.07, 6.45) is 20.6. The van der Waals surface area contributed by atoms with Gasteiger partial charge in [-0.3, -0.25) is 4.79 Å². The van der Waals surface area contributed by atoms with Crippen LogP contribution in [-0.4, -0.2) is 163 Å². The largest absolute Gasteiger partial charge is 0.394 e. The lowest BCUT2D eigenvalue weighted by atomic mass is 9.97. The Hall–Kier alpha value is -1.09. The molecule has 2 aliphatic rings. The Morgan fingerprint density at radius 1 is 0.458 bits per heavy atom. The zero-order valence-corrected chi connectivity index (χ0v) is 45.2. The van der Waals surface area contributed by atoms with Crippen LogP contribution in [0, 0.1) is 0 Å². The van der Waals surface area contributed by atoms with E-state index in [-0.39, 0.29) is 12.8 Å². The molecule has 0 aliphatic carbocycles. The van der Waals surface area contributed by atoms with Crippen molar-refractivity contribution in [1.82, 2.24) is 5.32 Å². The van der Waals surface area contributed by atoms with Crippen molar-refractivity contribution in [1.29, 1.82) is 0 Å². The molecule has 14 atom stereocenters. The van der Waals surface area contributed by atoms with E-state index in [1.807, 2.05) is 0 Å². The number of hydrogen-bond acceptors (Lipinski definition) is 15. The van der Waals surface area contributed by atoms with E-state index in [1.165, 1.54) is 154 Å². The fourth-order valence-corrected chi connectivity index (χ4v) is 10.1. The summed E-state index contributed by atoms with van der Waals surface area (Å²) in [5, 5.41) is 109. The van der Waals surface area contributed by atoms with Gasteiger partial charge < -0.3 is 75.3 Å². The molecule has 0 aromatic rings. The molecule has 428 valence electrons. The van der Waals surface area contributed by atoms with E-state index in [0.29, 0.717) is 12.8 Å². The van der Waals surface area contributed by atoms with Crippen LogP contribution in [0.1, 0.15) is 245 Å². The van der Waals surface area contributed by atoms with Crippen LogP contribution >= 0.6 is 0 Å². The first-order valence-corrected chi connectivity index (χ1v) is 29.5. The first-order chi connectivity index (χ1) is 34.9. The molecule has 2 aliphatic heterocycles. The average Bonchev–Trinajstić information content (AvgIpc) is 3.38. The van der Waals surface area contributed by atoms with Crippen LogP contribution in [0.25, 0.3) is 0 Å². The minimum atomic E-state index is -1.87. The summed E-state index contributed by atoms with van der Waals surface area (Å²) in [6, 6.07) is -1.31. The van der Waals surface area contributed by atoms with Crippen LogP contribution in [-0.2, 0) is 23.7 Å².